The minimum Gasteiger partial charge on any atom is -0.454 e. The highest BCUT2D eigenvalue weighted by atomic mass is 16.5. The average Bonchev–Trinajstić information content (AvgIpc) is 2.67. The number of nitrogens with zero attached hydrogens (tertiary/aromatic N) is 2. The van der Waals surface area contributed by atoms with Crippen molar-refractivity contribution in [3.05, 3.63) is 42.2 Å². The summed E-state index contributed by atoms with van der Waals surface area (Å²) in [4.78, 5) is 0. The Kier molecular flexibility index (Phi) is 3.22. The van der Waals surface area contributed by atoms with Crippen molar-refractivity contribution in [1.82, 2.24) is 15.1 Å². The number of ether oxygens (including phenoxy) is 1. The lowest BCUT2D eigenvalue weighted by molar-refractivity contribution is 0.473. The standard InChI is InChI=1S/C12H15N3O/c1-13-7-10-5-3-4-6-12(10)16-11-8-14-15(2)9-11/h3-6,8-9,13H,7H2,1-2H3. The van der Waals surface area contributed by atoms with Crippen LogP contribution in [0.15, 0.2) is 36.7 Å². The maximum absolute atomic E-state index is 5.76. The summed E-state index contributed by atoms with van der Waals surface area (Å²) in [7, 11) is 3.78. The van der Waals surface area contributed by atoms with E-state index < -0.39 is 0 Å². The van der Waals surface area contributed by atoms with Gasteiger partial charge in [0.15, 0.2) is 5.75 Å². The number of hydrogen-bond donors (Lipinski definition) is 1. The van der Waals surface area contributed by atoms with Crippen LogP contribution in [0.1, 0.15) is 5.56 Å². The van der Waals surface area contributed by atoms with Gasteiger partial charge in [-0.15, -0.1) is 0 Å². The van der Waals surface area contributed by atoms with Crippen LogP contribution in [0, 0.1) is 0 Å². The summed E-state index contributed by atoms with van der Waals surface area (Å²) < 4.78 is 7.48. The van der Waals surface area contributed by atoms with Crippen molar-refractivity contribution < 1.29 is 4.74 Å². The smallest absolute Gasteiger partial charge is 0.165 e. The number of benzene rings is 1. The van der Waals surface area contributed by atoms with Crippen LogP contribution >= 0.6 is 0 Å². The third-order valence-electron chi connectivity index (χ3n) is 2.25. The minimum atomic E-state index is 0.756. The lowest BCUT2D eigenvalue weighted by atomic mass is 10.2. The summed E-state index contributed by atoms with van der Waals surface area (Å²) in [5.41, 5.74) is 1.13. The first-order valence-electron chi connectivity index (χ1n) is 5.18. The number of para-hydroxylation sites is 1. The van der Waals surface area contributed by atoms with Crippen molar-refractivity contribution in [3.63, 3.8) is 0 Å². The number of nitrogens with one attached hydrogen (secondary N) is 1. The molecule has 0 aliphatic carbocycles. The van der Waals surface area contributed by atoms with Gasteiger partial charge in [-0.1, -0.05) is 18.2 Å². The van der Waals surface area contributed by atoms with E-state index in [0.29, 0.717) is 0 Å². The molecule has 1 aromatic carbocycles. The van der Waals surface area contributed by atoms with Gasteiger partial charge in [-0.05, 0) is 13.1 Å². The molecule has 0 bridgehead atoms. The molecular weight excluding hydrogens is 202 g/mol. The molecule has 2 rings (SSSR count). The molecule has 0 atom stereocenters. The normalized spacial score (nSPS) is 10.4. The van der Waals surface area contributed by atoms with E-state index in [1.165, 1.54) is 0 Å². The highest BCUT2D eigenvalue weighted by Gasteiger charge is 2.04. The van der Waals surface area contributed by atoms with Crippen molar-refractivity contribution in [2.24, 2.45) is 7.05 Å². The van der Waals surface area contributed by atoms with E-state index in [2.05, 4.69) is 10.4 Å². The second kappa shape index (κ2) is 4.81. The summed E-state index contributed by atoms with van der Waals surface area (Å²) in [6.45, 7) is 0.788. The van der Waals surface area contributed by atoms with Gasteiger partial charge in [0.1, 0.15) is 5.75 Å². The third kappa shape index (κ3) is 2.41. The van der Waals surface area contributed by atoms with E-state index in [4.69, 9.17) is 4.74 Å². The molecular formula is C12H15N3O. The summed E-state index contributed by atoms with van der Waals surface area (Å²) in [6, 6.07) is 7.97. The van der Waals surface area contributed by atoms with Crippen molar-refractivity contribution in [2.75, 3.05) is 7.05 Å². The lowest BCUT2D eigenvalue weighted by Crippen LogP contribution is -2.06. The number of aryl methyl sites for hydroxylation is 1. The number of hydrogen-bond acceptors (Lipinski definition) is 3. The van der Waals surface area contributed by atoms with Gasteiger partial charge in [0.25, 0.3) is 0 Å². The predicted octanol–water partition coefficient (Wildman–Crippen LogP) is 1.93. The summed E-state index contributed by atoms with van der Waals surface area (Å²) in [5.74, 6) is 1.62. The molecule has 1 N–H and O–H groups in total. The van der Waals surface area contributed by atoms with E-state index >= 15 is 0 Å². The Labute approximate surface area is 94.9 Å². The van der Waals surface area contributed by atoms with Gasteiger partial charge in [-0.25, -0.2) is 0 Å². The Hall–Kier alpha value is -1.81. The topological polar surface area (TPSA) is 39.1 Å². The molecule has 0 radical (unpaired) electrons. The van der Waals surface area contributed by atoms with Gasteiger partial charge in [0, 0.05) is 19.2 Å². The van der Waals surface area contributed by atoms with Crippen molar-refractivity contribution >= 4 is 0 Å². The van der Waals surface area contributed by atoms with Crippen LogP contribution < -0.4 is 10.1 Å². The van der Waals surface area contributed by atoms with Crippen LogP contribution in [0.2, 0.25) is 0 Å². The second-order valence-electron chi connectivity index (χ2n) is 3.59. The molecule has 0 fully saturated rings. The SMILES string of the molecule is CNCc1ccccc1Oc1cnn(C)c1. The molecule has 2 aromatic rings. The quantitative estimate of drug-likeness (QED) is 0.850. The molecule has 0 amide bonds. The van der Waals surface area contributed by atoms with Gasteiger partial charge >= 0.3 is 0 Å². The molecule has 0 saturated carbocycles. The molecule has 1 heterocycles. The largest absolute Gasteiger partial charge is 0.454 e. The van der Waals surface area contributed by atoms with Gasteiger partial charge in [-0.3, -0.25) is 4.68 Å². The molecule has 4 heteroatoms. The summed E-state index contributed by atoms with van der Waals surface area (Å²) in [6.07, 6.45) is 3.55. The molecule has 0 unspecified atom stereocenters. The second-order valence-corrected chi connectivity index (χ2v) is 3.59. The fraction of sp³-hybridized carbons (Fsp3) is 0.250. The fourth-order valence-corrected chi connectivity index (χ4v) is 1.52. The zero-order valence-electron chi connectivity index (χ0n) is 9.47. The first-order chi connectivity index (χ1) is 7.79. The first-order valence-corrected chi connectivity index (χ1v) is 5.18. The van der Waals surface area contributed by atoms with Gasteiger partial charge in [0.05, 0.1) is 12.4 Å². The molecule has 0 spiro atoms. The van der Waals surface area contributed by atoms with Gasteiger partial charge in [-0.2, -0.15) is 5.10 Å². The first kappa shape index (κ1) is 10.7. The maximum atomic E-state index is 5.76. The van der Waals surface area contributed by atoms with E-state index in [9.17, 15) is 0 Å². The summed E-state index contributed by atoms with van der Waals surface area (Å²) in [5, 5.41) is 7.18. The molecule has 0 aliphatic heterocycles. The highest BCUT2D eigenvalue weighted by Crippen LogP contribution is 2.24. The molecule has 16 heavy (non-hydrogen) atoms. The van der Waals surface area contributed by atoms with Gasteiger partial charge < -0.3 is 10.1 Å². The zero-order valence-corrected chi connectivity index (χ0v) is 9.47. The average molecular weight is 217 g/mol. The molecule has 84 valence electrons. The zero-order chi connectivity index (χ0) is 11.4. The Morgan fingerprint density at radius 1 is 1.38 bits per heavy atom. The Bertz CT molecular complexity index is 465. The maximum Gasteiger partial charge on any atom is 0.165 e. The Balaban J connectivity index is 2.20. The van der Waals surface area contributed by atoms with Crippen molar-refractivity contribution in [2.45, 2.75) is 6.54 Å². The molecule has 4 nitrogen and oxygen atoms in total. The van der Waals surface area contributed by atoms with Gasteiger partial charge in [0.2, 0.25) is 0 Å². The number of aromatic nitrogens is 2. The van der Waals surface area contributed by atoms with E-state index in [1.54, 1.807) is 10.9 Å². The van der Waals surface area contributed by atoms with Crippen LogP contribution in [0.5, 0.6) is 11.5 Å². The van der Waals surface area contributed by atoms with Crippen molar-refractivity contribution in [1.29, 1.82) is 0 Å². The van der Waals surface area contributed by atoms with Crippen molar-refractivity contribution in [3.8, 4) is 11.5 Å². The summed E-state index contributed by atoms with van der Waals surface area (Å²) >= 11 is 0. The Morgan fingerprint density at radius 2 is 2.19 bits per heavy atom. The minimum absolute atomic E-state index is 0.756. The van der Waals surface area contributed by atoms with Crippen LogP contribution in [-0.4, -0.2) is 16.8 Å². The molecule has 0 aliphatic rings. The number of rotatable bonds is 4. The molecule has 1 aromatic heterocycles. The predicted molar refractivity (Wildman–Crippen MR) is 62.5 cm³/mol. The van der Waals surface area contributed by atoms with Crippen LogP contribution in [0.4, 0.5) is 0 Å². The van der Waals surface area contributed by atoms with Crippen LogP contribution in [0.3, 0.4) is 0 Å². The van der Waals surface area contributed by atoms with Crippen LogP contribution in [-0.2, 0) is 13.6 Å². The Morgan fingerprint density at radius 3 is 2.88 bits per heavy atom. The molecule has 0 saturated heterocycles. The van der Waals surface area contributed by atoms with E-state index in [1.807, 2.05) is 44.6 Å². The third-order valence-corrected chi connectivity index (χ3v) is 2.25. The lowest BCUT2D eigenvalue weighted by Gasteiger charge is -2.08. The van der Waals surface area contributed by atoms with Crippen LogP contribution in [0.25, 0.3) is 0 Å². The van der Waals surface area contributed by atoms with E-state index in [-0.39, 0.29) is 0 Å². The van der Waals surface area contributed by atoms with E-state index in [0.717, 1.165) is 23.6 Å². The fourth-order valence-electron chi connectivity index (χ4n) is 1.52. The monoisotopic (exact) mass is 217 g/mol. The highest BCUT2D eigenvalue weighted by molar-refractivity contribution is 5.36.